The number of hydrogen-bond donors (Lipinski definition) is 2. The van der Waals surface area contributed by atoms with Gasteiger partial charge in [-0.05, 0) is 30.5 Å². The van der Waals surface area contributed by atoms with E-state index in [0.717, 1.165) is 11.5 Å². The number of hydrogen-bond acceptors (Lipinski definition) is 4. The van der Waals surface area contributed by atoms with Crippen LogP contribution in [0.25, 0.3) is 0 Å². The van der Waals surface area contributed by atoms with E-state index < -0.39 is 0 Å². The summed E-state index contributed by atoms with van der Waals surface area (Å²) in [6.45, 7) is 0.929. The van der Waals surface area contributed by atoms with Gasteiger partial charge in [-0.1, -0.05) is 18.9 Å². The molecule has 1 aliphatic carbocycles. The molecule has 3 N–H and O–H groups in total. The van der Waals surface area contributed by atoms with Gasteiger partial charge in [-0.15, -0.1) is 0 Å². The summed E-state index contributed by atoms with van der Waals surface area (Å²) in [5, 5.41) is 3.65. The number of nitrogens with two attached hydrogens (primary N) is 1. The molecule has 1 aliphatic heterocycles. The van der Waals surface area contributed by atoms with E-state index in [0.29, 0.717) is 19.4 Å². The van der Waals surface area contributed by atoms with E-state index in [1.807, 2.05) is 12.1 Å². The second-order valence-electron chi connectivity index (χ2n) is 5.05. The van der Waals surface area contributed by atoms with Crippen LogP contribution in [0.15, 0.2) is 18.2 Å². The molecule has 18 heavy (non-hydrogen) atoms. The first kappa shape index (κ1) is 11.8. The van der Waals surface area contributed by atoms with Crippen LogP contribution >= 0.6 is 0 Å². The molecule has 1 atom stereocenters. The Morgan fingerprint density at radius 3 is 2.78 bits per heavy atom. The third kappa shape index (κ3) is 2.31. The molecular weight excluding hydrogens is 228 g/mol. The zero-order valence-electron chi connectivity index (χ0n) is 10.5. The Hall–Kier alpha value is -1.26. The van der Waals surface area contributed by atoms with E-state index in [4.69, 9.17) is 15.2 Å². The van der Waals surface area contributed by atoms with Crippen LogP contribution in [0, 0.1) is 0 Å². The third-order valence-corrected chi connectivity index (χ3v) is 3.83. The largest absolute Gasteiger partial charge is 0.454 e. The molecule has 0 bridgehead atoms. The summed E-state index contributed by atoms with van der Waals surface area (Å²) in [5.74, 6) is 1.66. The van der Waals surface area contributed by atoms with Crippen LogP contribution in [0.3, 0.4) is 0 Å². The average molecular weight is 248 g/mol. The Morgan fingerprint density at radius 2 is 2.00 bits per heavy atom. The van der Waals surface area contributed by atoms with Crippen molar-refractivity contribution in [3.05, 3.63) is 23.8 Å². The maximum Gasteiger partial charge on any atom is 0.231 e. The number of nitrogens with one attached hydrogen (secondary N) is 1. The fourth-order valence-corrected chi connectivity index (χ4v) is 2.81. The molecule has 0 radical (unpaired) electrons. The Morgan fingerprint density at radius 1 is 1.22 bits per heavy atom. The van der Waals surface area contributed by atoms with E-state index in [1.54, 1.807) is 0 Å². The van der Waals surface area contributed by atoms with E-state index in [1.165, 1.54) is 31.2 Å². The molecule has 98 valence electrons. The van der Waals surface area contributed by atoms with Gasteiger partial charge < -0.3 is 20.5 Å². The van der Waals surface area contributed by atoms with Gasteiger partial charge in [-0.2, -0.15) is 0 Å². The molecule has 1 fully saturated rings. The van der Waals surface area contributed by atoms with Crippen molar-refractivity contribution in [2.45, 2.75) is 37.8 Å². The second-order valence-corrected chi connectivity index (χ2v) is 5.05. The number of rotatable bonds is 4. The molecule has 1 aromatic carbocycles. The van der Waals surface area contributed by atoms with E-state index in [9.17, 15) is 0 Å². The minimum atomic E-state index is 0.211. The van der Waals surface area contributed by atoms with Crippen LogP contribution in [0.2, 0.25) is 0 Å². The molecule has 1 aromatic rings. The predicted molar refractivity (Wildman–Crippen MR) is 69.8 cm³/mol. The third-order valence-electron chi connectivity index (χ3n) is 3.83. The Kier molecular flexibility index (Phi) is 3.39. The highest BCUT2D eigenvalue weighted by Gasteiger charge is 2.21. The molecule has 2 aliphatic rings. The van der Waals surface area contributed by atoms with E-state index in [-0.39, 0.29) is 6.04 Å². The molecular formula is C14H20N2O2. The topological polar surface area (TPSA) is 56.5 Å². The van der Waals surface area contributed by atoms with Crippen LogP contribution in [-0.2, 0) is 0 Å². The number of fused-ring (bicyclic) bond motifs is 1. The molecule has 0 aromatic heterocycles. The first-order chi connectivity index (χ1) is 8.86. The number of ether oxygens (including phenoxy) is 2. The summed E-state index contributed by atoms with van der Waals surface area (Å²) in [4.78, 5) is 0. The van der Waals surface area contributed by atoms with Crippen molar-refractivity contribution in [2.24, 2.45) is 5.73 Å². The summed E-state index contributed by atoms with van der Waals surface area (Å²) < 4.78 is 10.7. The lowest BCUT2D eigenvalue weighted by molar-refractivity contribution is 0.174. The molecule has 4 nitrogen and oxygen atoms in total. The quantitative estimate of drug-likeness (QED) is 0.855. The molecule has 4 heteroatoms. The minimum absolute atomic E-state index is 0.211. The smallest absolute Gasteiger partial charge is 0.231 e. The lowest BCUT2D eigenvalue weighted by atomic mass is 10.0. The summed E-state index contributed by atoms with van der Waals surface area (Å²) in [6, 6.07) is 6.91. The summed E-state index contributed by atoms with van der Waals surface area (Å²) in [6.07, 6.45) is 5.19. The van der Waals surface area contributed by atoms with Gasteiger partial charge in [0.05, 0.1) is 0 Å². The predicted octanol–water partition coefficient (Wildman–Crippen LogP) is 1.95. The van der Waals surface area contributed by atoms with Gasteiger partial charge in [-0.25, -0.2) is 0 Å². The van der Waals surface area contributed by atoms with E-state index >= 15 is 0 Å². The van der Waals surface area contributed by atoms with Gasteiger partial charge in [0.15, 0.2) is 11.5 Å². The Labute approximate surface area is 107 Å². The van der Waals surface area contributed by atoms with Crippen molar-refractivity contribution in [3.63, 3.8) is 0 Å². The summed E-state index contributed by atoms with van der Waals surface area (Å²) in [7, 11) is 0. The normalized spacial score (nSPS) is 20.3. The van der Waals surface area contributed by atoms with Crippen molar-refractivity contribution >= 4 is 0 Å². The fraction of sp³-hybridized carbons (Fsp3) is 0.571. The van der Waals surface area contributed by atoms with Crippen LogP contribution in [0.1, 0.15) is 37.3 Å². The van der Waals surface area contributed by atoms with Crippen molar-refractivity contribution in [2.75, 3.05) is 13.3 Å². The van der Waals surface area contributed by atoms with E-state index in [2.05, 4.69) is 11.4 Å². The second kappa shape index (κ2) is 5.16. The van der Waals surface area contributed by atoms with Crippen molar-refractivity contribution < 1.29 is 9.47 Å². The Balaban J connectivity index is 1.74. The van der Waals surface area contributed by atoms with Crippen LogP contribution < -0.4 is 20.5 Å². The number of benzene rings is 1. The zero-order chi connectivity index (χ0) is 12.4. The summed E-state index contributed by atoms with van der Waals surface area (Å²) >= 11 is 0. The van der Waals surface area contributed by atoms with Crippen LogP contribution in [0.4, 0.5) is 0 Å². The minimum Gasteiger partial charge on any atom is -0.454 e. The summed E-state index contributed by atoms with van der Waals surface area (Å²) in [5.41, 5.74) is 7.08. The highest BCUT2D eigenvalue weighted by molar-refractivity contribution is 5.45. The maximum absolute atomic E-state index is 5.89. The van der Waals surface area contributed by atoms with Crippen molar-refractivity contribution in [1.82, 2.24) is 5.32 Å². The molecule has 3 rings (SSSR count). The van der Waals surface area contributed by atoms with Crippen molar-refractivity contribution in [1.29, 1.82) is 0 Å². The molecule has 1 saturated carbocycles. The fourth-order valence-electron chi connectivity index (χ4n) is 2.81. The Bertz CT molecular complexity index is 416. The zero-order valence-corrected chi connectivity index (χ0v) is 10.5. The lowest BCUT2D eigenvalue weighted by Crippen LogP contribution is -2.35. The first-order valence-corrected chi connectivity index (χ1v) is 6.72. The highest BCUT2D eigenvalue weighted by atomic mass is 16.7. The molecule has 0 saturated heterocycles. The van der Waals surface area contributed by atoms with Gasteiger partial charge in [0, 0.05) is 18.6 Å². The van der Waals surface area contributed by atoms with Gasteiger partial charge in [0.25, 0.3) is 0 Å². The lowest BCUT2D eigenvalue weighted by Gasteiger charge is -2.22. The van der Waals surface area contributed by atoms with Crippen LogP contribution in [-0.4, -0.2) is 19.4 Å². The van der Waals surface area contributed by atoms with Gasteiger partial charge in [0.1, 0.15) is 0 Å². The SMILES string of the molecule is NCC(NC1CCCC1)c1ccc2c(c1)OCO2. The standard InChI is InChI=1S/C14H20N2O2/c15-8-12(16-11-3-1-2-4-11)10-5-6-13-14(7-10)18-9-17-13/h5-7,11-12,16H,1-4,8-9,15H2. The molecule has 1 unspecified atom stereocenters. The van der Waals surface area contributed by atoms with Gasteiger partial charge in [-0.3, -0.25) is 0 Å². The molecule has 1 heterocycles. The first-order valence-electron chi connectivity index (χ1n) is 6.72. The van der Waals surface area contributed by atoms with Crippen LogP contribution in [0.5, 0.6) is 11.5 Å². The van der Waals surface area contributed by atoms with Crippen molar-refractivity contribution in [3.8, 4) is 11.5 Å². The molecule has 0 spiro atoms. The monoisotopic (exact) mass is 248 g/mol. The highest BCUT2D eigenvalue weighted by Crippen LogP contribution is 2.34. The van der Waals surface area contributed by atoms with Gasteiger partial charge >= 0.3 is 0 Å². The van der Waals surface area contributed by atoms with Gasteiger partial charge in [0.2, 0.25) is 6.79 Å². The average Bonchev–Trinajstić information content (AvgIpc) is 3.06. The maximum atomic E-state index is 5.89. The molecule has 0 amide bonds.